The molecule has 6 nitrogen and oxygen atoms in total. The maximum absolute atomic E-state index is 13.9. The fourth-order valence-corrected chi connectivity index (χ4v) is 3.17. The Bertz CT molecular complexity index is 1010. The first-order valence-electron chi connectivity index (χ1n) is 7.22. The minimum atomic E-state index is -4.13. The van der Waals surface area contributed by atoms with Crippen molar-refractivity contribution in [3.05, 3.63) is 60.7 Å². The van der Waals surface area contributed by atoms with Crippen LogP contribution >= 0.6 is 0 Å². The predicted molar refractivity (Wildman–Crippen MR) is 87.9 cm³/mol. The second-order valence-electron chi connectivity index (χ2n) is 5.10. The molecule has 0 radical (unpaired) electrons. The zero-order chi connectivity index (χ0) is 18.7. The van der Waals surface area contributed by atoms with Crippen LogP contribution in [0.1, 0.15) is 0 Å². The van der Waals surface area contributed by atoms with Crippen LogP contribution in [0, 0.1) is 5.82 Å². The summed E-state index contributed by atoms with van der Waals surface area (Å²) in [5.74, 6) is -2.30. The molecule has 0 aliphatic carbocycles. The first kappa shape index (κ1) is 17.8. The Labute approximate surface area is 146 Å². The van der Waals surface area contributed by atoms with Crippen LogP contribution in [-0.4, -0.2) is 25.0 Å². The van der Waals surface area contributed by atoms with Crippen LogP contribution in [0.2, 0.25) is 0 Å². The number of aromatic nitrogens is 2. The molecule has 3 rings (SSSR count). The van der Waals surface area contributed by atoms with E-state index in [1.807, 2.05) is 10.8 Å². The summed E-state index contributed by atoms with van der Waals surface area (Å²) in [7, 11) is -4.13. The molecule has 2 aromatic heterocycles. The Morgan fingerprint density at radius 2 is 1.88 bits per heavy atom. The second kappa shape index (κ2) is 7.08. The van der Waals surface area contributed by atoms with Crippen LogP contribution in [0.3, 0.4) is 0 Å². The number of nitrogens with zero attached hydrogens (tertiary/aromatic N) is 1. The lowest BCUT2D eigenvalue weighted by Crippen LogP contribution is -2.14. The van der Waals surface area contributed by atoms with Gasteiger partial charge in [0.1, 0.15) is 10.6 Å². The van der Waals surface area contributed by atoms with Crippen molar-refractivity contribution < 1.29 is 26.3 Å². The molecule has 136 valence electrons. The Morgan fingerprint density at radius 3 is 2.54 bits per heavy atom. The summed E-state index contributed by atoms with van der Waals surface area (Å²) in [5.41, 5.74) is 1.33. The third-order valence-electron chi connectivity index (χ3n) is 3.32. The van der Waals surface area contributed by atoms with Crippen LogP contribution < -0.4 is 9.46 Å². The molecule has 0 spiro atoms. The first-order valence-corrected chi connectivity index (χ1v) is 8.70. The summed E-state index contributed by atoms with van der Waals surface area (Å²) < 4.78 is 68.8. The van der Waals surface area contributed by atoms with Gasteiger partial charge in [0.2, 0.25) is 0 Å². The van der Waals surface area contributed by atoms with E-state index in [2.05, 4.69) is 14.7 Å². The summed E-state index contributed by atoms with van der Waals surface area (Å²) in [6, 6.07) is 11.0. The van der Waals surface area contributed by atoms with Gasteiger partial charge in [0.15, 0.2) is 11.6 Å². The summed E-state index contributed by atoms with van der Waals surface area (Å²) in [6.45, 7) is -3.14. The zero-order valence-corrected chi connectivity index (χ0v) is 13.8. The van der Waals surface area contributed by atoms with E-state index >= 15 is 0 Å². The number of ether oxygens (including phenoxy) is 1. The number of benzene rings is 1. The van der Waals surface area contributed by atoms with Gasteiger partial charge in [0.05, 0.1) is 6.20 Å². The molecule has 0 fully saturated rings. The highest BCUT2D eigenvalue weighted by Gasteiger charge is 2.20. The summed E-state index contributed by atoms with van der Waals surface area (Å²) in [6.07, 6.45) is 2.04. The smallest absolute Gasteiger partial charge is 0.387 e. The highest BCUT2D eigenvalue weighted by molar-refractivity contribution is 7.92. The summed E-state index contributed by atoms with van der Waals surface area (Å²) in [5, 5.41) is 0. The van der Waals surface area contributed by atoms with Crippen molar-refractivity contribution in [3.8, 4) is 17.0 Å². The van der Waals surface area contributed by atoms with Gasteiger partial charge in [-0.1, -0.05) is 30.3 Å². The standard InChI is InChI=1S/C16H12F3N3O3S/c17-13-6-11(25-16(18)19)8-21-15(13)22-26(23,24)12-7-14(20-9-12)10-4-2-1-3-5-10/h1-9,16,20H,(H,21,22). The normalized spacial score (nSPS) is 11.5. The molecule has 0 saturated carbocycles. The number of halogens is 3. The minimum Gasteiger partial charge on any atom is -0.433 e. The lowest BCUT2D eigenvalue weighted by molar-refractivity contribution is -0.0502. The fourth-order valence-electron chi connectivity index (χ4n) is 2.16. The number of nitrogens with one attached hydrogen (secondary N) is 2. The van der Waals surface area contributed by atoms with Crippen molar-refractivity contribution in [2.24, 2.45) is 0 Å². The average molecular weight is 383 g/mol. The first-order chi connectivity index (χ1) is 12.3. The lowest BCUT2D eigenvalue weighted by atomic mass is 10.2. The van der Waals surface area contributed by atoms with Crippen molar-refractivity contribution in [1.29, 1.82) is 0 Å². The van der Waals surface area contributed by atoms with Crippen LogP contribution in [0.15, 0.2) is 59.8 Å². The highest BCUT2D eigenvalue weighted by atomic mass is 32.2. The van der Waals surface area contributed by atoms with E-state index in [1.54, 1.807) is 24.3 Å². The molecule has 10 heteroatoms. The maximum Gasteiger partial charge on any atom is 0.387 e. The molecule has 2 N–H and O–H groups in total. The number of rotatable bonds is 6. The van der Waals surface area contributed by atoms with Crippen molar-refractivity contribution in [2.75, 3.05) is 4.72 Å². The van der Waals surface area contributed by atoms with Gasteiger partial charge in [0.25, 0.3) is 10.0 Å². The van der Waals surface area contributed by atoms with Gasteiger partial charge in [-0.25, -0.2) is 17.8 Å². The van der Waals surface area contributed by atoms with Gasteiger partial charge >= 0.3 is 6.61 Å². The van der Waals surface area contributed by atoms with Crippen molar-refractivity contribution >= 4 is 15.8 Å². The Balaban J connectivity index is 1.82. The van der Waals surface area contributed by atoms with Gasteiger partial charge in [-0.15, -0.1) is 0 Å². The SMILES string of the molecule is O=S(=O)(Nc1ncc(OC(F)F)cc1F)c1c[nH]c(-c2ccccc2)c1. The molecule has 0 aliphatic heterocycles. The Morgan fingerprint density at radius 1 is 1.15 bits per heavy atom. The van der Waals surface area contributed by atoms with Crippen LogP contribution in [-0.2, 0) is 10.0 Å². The molecule has 0 aliphatic rings. The average Bonchev–Trinajstić information content (AvgIpc) is 3.09. The minimum absolute atomic E-state index is 0.134. The van der Waals surface area contributed by atoms with Crippen molar-refractivity contribution in [1.82, 2.24) is 9.97 Å². The number of H-pyrrole nitrogens is 1. The predicted octanol–water partition coefficient (Wildman–Crippen LogP) is 3.62. The van der Waals surface area contributed by atoms with Gasteiger partial charge in [-0.05, 0) is 11.6 Å². The summed E-state index contributed by atoms with van der Waals surface area (Å²) >= 11 is 0. The molecular weight excluding hydrogens is 371 g/mol. The number of hydrogen-bond acceptors (Lipinski definition) is 4. The van der Waals surface area contributed by atoms with E-state index in [1.165, 1.54) is 12.3 Å². The molecular formula is C16H12F3N3O3S. The van der Waals surface area contributed by atoms with E-state index in [0.717, 1.165) is 11.8 Å². The molecule has 26 heavy (non-hydrogen) atoms. The number of sulfonamides is 1. The zero-order valence-electron chi connectivity index (χ0n) is 13.0. The number of alkyl halides is 2. The van der Waals surface area contributed by atoms with Crippen LogP contribution in [0.5, 0.6) is 5.75 Å². The second-order valence-corrected chi connectivity index (χ2v) is 6.78. The molecule has 3 aromatic rings. The molecule has 2 heterocycles. The summed E-state index contributed by atoms with van der Waals surface area (Å²) in [4.78, 5) is 6.16. The van der Waals surface area contributed by atoms with Crippen molar-refractivity contribution in [2.45, 2.75) is 11.5 Å². The van der Waals surface area contributed by atoms with E-state index < -0.39 is 34.0 Å². The van der Waals surface area contributed by atoms with Crippen molar-refractivity contribution in [3.63, 3.8) is 0 Å². The molecule has 0 atom stereocenters. The van der Waals surface area contributed by atoms with E-state index in [4.69, 9.17) is 0 Å². The number of pyridine rings is 1. The largest absolute Gasteiger partial charge is 0.433 e. The van der Waals surface area contributed by atoms with Gasteiger partial charge in [-0.3, -0.25) is 4.72 Å². The van der Waals surface area contributed by atoms with E-state index in [0.29, 0.717) is 11.8 Å². The number of anilines is 1. The fraction of sp³-hybridized carbons (Fsp3) is 0.0625. The molecule has 0 saturated heterocycles. The maximum atomic E-state index is 13.9. The molecule has 0 bridgehead atoms. The van der Waals surface area contributed by atoms with Gasteiger partial charge in [-0.2, -0.15) is 8.78 Å². The highest BCUT2D eigenvalue weighted by Crippen LogP contribution is 2.24. The van der Waals surface area contributed by atoms with E-state index in [9.17, 15) is 21.6 Å². The van der Waals surface area contributed by atoms with Crippen LogP contribution in [0.25, 0.3) is 11.3 Å². The quantitative estimate of drug-likeness (QED) is 0.681. The third-order valence-corrected chi connectivity index (χ3v) is 4.64. The Hall–Kier alpha value is -3.01. The lowest BCUT2D eigenvalue weighted by Gasteiger charge is -2.08. The third kappa shape index (κ3) is 3.97. The topological polar surface area (TPSA) is 84.1 Å². The Kier molecular flexibility index (Phi) is 4.85. The molecule has 0 amide bonds. The monoisotopic (exact) mass is 383 g/mol. The molecule has 0 unspecified atom stereocenters. The number of hydrogen-bond donors (Lipinski definition) is 2. The van der Waals surface area contributed by atoms with Crippen LogP contribution in [0.4, 0.5) is 19.0 Å². The van der Waals surface area contributed by atoms with E-state index in [-0.39, 0.29) is 4.90 Å². The van der Waals surface area contributed by atoms with Gasteiger partial charge in [0, 0.05) is 18.0 Å². The van der Waals surface area contributed by atoms with Gasteiger partial charge < -0.3 is 9.72 Å². The number of aromatic amines is 1. The molecule has 1 aromatic carbocycles.